The molecule has 1 aromatic carbocycles. The Labute approximate surface area is 106 Å². The zero-order valence-electron chi connectivity index (χ0n) is 9.93. The van der Waals surface area contributed by atoms with Crippen LogP contribution in [0.1, 0.15) is 18.6 Å². The van der Waals surface area contributed by atoms with E-state index < -0.39 is 13.7 Å². The molecule has 1 N–H and O–H groups in total. The molecule has 5 heteroatoms. The second kappa shape index (κ2) is 5.44. The van der Waals surface area contributed by atoms with Gasteiger partial charge in [0, 0.05) is 6.20 Å². The van der Waals surface area contributed by atoms with Gasteiger partial charge in [-0.25, -0.2) is 4.98 Å². The van der Waals surface area contributed by atoms with Crippen molar-refractivity contribution in [1.29, 1.82) is 0 Å². The Morgan fingerprint density at radius 3 is 2.44 bits per heavy atom. The van der Waals surface area contributed by atoms with Gasteiger partial charge in [0.1, 0.15) is 0 Å². The minimum atomic E-state index is -3.88. The largest absolute Gasteiger partial charge is 0.377 e. The Morgan fingerprint density at radius 2 is 1.83 bits per heavy atom. The molecule has 0 fully saturated rings. The second-order valence-corrected chi connectivity index (χ2v) is 5.58. The van der Waals surface area contributed by atoms with Crippen LogP contribution in [0.2, 0.25) is 0 Å². The number of rotatable bonds is 4. The maximum atomic E-state index is 12.1. The van der Waals surface area contributed by atoms with Crippen LogP contribution in [0, 0.1) is 0 Å². The lowest BCUT2D eigenvalue weighted by Crippen LogP contribution is -2.12. The van der Waals surface area contributed by atoms with E-state index in [-0.39, 0.29) is 5.44 Å². The fourth-order valence-corrected chi connectivity index (χ4v) is 2.72. The number of aromatic nitrogens is 1. The summed E-state index contributed by atoms with van der Waals surface area (Å²) >= 11 is 0. The molecule has 1 heterocycles. The third-order valence-electron chi connectivity index (χ3n) is 2.51. The maximum absolute atomic E-state index is 12.1. The lowest BCUT2D eigenvalue weighted by molar-refractivity contribution is 0.198. The monoisotopic (exact) mass is 263 g/mol. The lowest BCUT2D eigenvalue weighted by Gasteiger charge is -2.17. The van der Waals surface area contributed by atoms with Gasteiger partial charge in [0.15, 0.2) is 5.44 Å². The zero-order valence-corrected chi connectivity index (χ0v) is 10.8. The molecular weight excluding hydrogens is 249 g/mol. The maximum Gasteiger partial charge on any atom is 0.377 e. The van der Waals surface area contributed by atoms with Crippen LogP contribution in [-0.4, -0.2) is 9.88 Å². The van der Waals surface area contributed by atoms with Crippen LogP contribution in [0.15, 0.2) is 54.7 Å². The van der Waals surface area contributed by atoms with Crippen LogP contribution >= 0.6 is 7.60 Å². The van der Waals surface area contributed by atoms with Crippen molar-refractivity contribution in [3.63, 3.8) is 0 Å². The molecule has 0 aliphatic rings. The highest BCUT2D eigenvalue weighted by Gasteiger charge is 2.27. The van der Waals surface area contributed by atoms with Crippen LogP contribution in [0.3, 0.4) is 0 Å². The van der Waals surface area contributed by atoms with Gasteiger partial charge in [0.05, 0.1) is 6.10 Å². The van der Waals surface area contributed by atoms with Crippen molar-refractivity contribution >= 4 is 13.0 Å². The van der Waals surface area contributed by atoms with E-state index in [1.807, 2.05) is 30.3 Å². The average molecular weight is 263 g/mol. The lowest BCUT2D eigenvalue weighted by atomic mass is 10.1. The topological polar surface area (TPSA) is 59.4 Å². The summed E-state index contributed by atoms with van der Waals surface area (Å²) in [5.41, 5.74) is 0.912. The van der Waals surface area contributed by atoms with Gasteiger partial charge in [-0.2, -0.15) is 0 Å². The Kier molecular flexibility index (Phi) is 3.92. The minimum Gasteiger partial charge on any atom is -0.320 e. The van der Waals surface area contributed by atoms with E-state index in [4.69, 9.17) is 4.52 Å². The fourth-order valence-electron chi connectivity index (χ4n) is 1.57. The van der Waals surface area contributed by atoms with Crippen molar-refractivity contribution < 1.29 is 14.0 Å². The molecule has 2 rings (SSSR count). The summed E-state index contributed by atoms with van der Waals surface area (Å²) in [7, 11) is -3.88. The van der Waals surface area contributed by atoms with Crippen molar-refractivity contribution in [3.05, 3.63) is 60.3 Å². The third-order valence-corrected chi connectivity index (χ3v) is 3.95. The molecule has 18 heavy (non-hydrogen) atoms. The zero-order chi connectivity index (χ0) is 13.0. The molecular formula is C13H14NO3P. The van der Waals surface area contributed by atoms with E-state index in [1.54, 1.807) is 19.1 Å². The highest BCUT2D eigenvalue weighted by molar-refractivity contribution is 7.60. The molecule has 1 unspecified atom stereocenters. The molecule has 0 amide bonds. The molecule has 2 atom stereocenters. The first kappa shape index (κ1) is 13.0. The van der Waals surface area contributed by atoms with Crippen molar-refractivity contribution in [2.24, 2.45) is 0 Å². The number of nitrogens with zero attached hydrogens (tertiary/aromatic N) is 1. The molecule has 2 aromatic rings. The van der Waals surface area contributed by atoms with E-state index in [1.165, 1.54) is 12.3 Å². The summed E-state index contributed by atoms with van der Waals surface area (Å²) in [6.07, 6.45) is 0.999. The smallest absolute Gasteiger partial charge is 0.320 e. The van der Waals surface area contributed by atoms with Crippen LogP contribution in [0.25, 0.3) is 0 Å². The molecule has 0 aliphatic heterocycles. The summed E-state index contributed by atoms with van der Waals surface area (Å²) in [4.78, 5) is 13.7. The minimum absolute atomic E-state index is 0.0628. The van der Waals surface area contributed by atoms with Crippen molar-refractivity contribution in [2.75, 3.05) is 0 Å². The van der Waals surface area contributed by atoms with Gasteiger partial charge in [0.2, 0.25) is 0 Å². The molecule has 0 saturated heterocycles. The molecule has 0 aliphatic carbocycles. The number of hydrogen-bond acceptors (Lipinski definition) is 3. The predicted octanol–water partition coefficient (Wildman–Crippen LogP) is 2.67. The summed E-state index contributed by atoms with van der Waals surface area (Å²) < 4.78 is 17.3. The molecule has 1 aromatic heterocycles. The van der Waals surface area contributed by atoms with Gasteiger partial charge in [-0.3, -0.25) is 9.09 Å². The van der Waals surface area contributed by atoms with Crippen LogP contribution < -0.4 is 5.44 Å². The summed E-state index contributed by atoms with van der Waals surface area (Å²) in [5, 5.41) is 0. The van der Waals surface area contributed by atoms with Crippen molar-refractivity contribution in [2.45, 2.75) is 13.0 Å². The van der Waals surface area contributed by atoms with E-state index in [2.05, 4.69) is 4.98 Å². The van der Waals surface area contributed by atoms with Gasteiger partial charge in [-0.15, -0.1) is 0 Å². The first-order chi connectivity index (χ1) is 8.59. The van der Waals surface area contributed by atoms with Gasteiger partial charge >= 0.3 is 7.60 Å². The van der Waals surface area contributed by atoms with Gasteiger partial charge in [-0.1, -0.05) is 36.4 Å². The average Bonchev–Trinajstić information content (AvgIpc) is 2.40. The molecule has 0 saturated carbocycles. The van der Waals surface area contributed by atoms with Crippen LogP contribution in [0.4, 0.5) is 0 Å². The van der Waals surface area contributed by atoms with E-state index >= 15 is 0 Å². The summed E-state index contributed by atoms with van der Waals surface area (Å²) in [5.74, 6) is 0. The molecule has 4 nitrogen and oxygen atoms in total. The first-order valence-electron chi connectivity index (χ1n) is 5.57. The highest BCUT2D eigenvalue weighted by atomic mass is 31.2. The normalized spacial score (nSPS) is 15.9. The van der Waals surface area contributed by atoms with Gasteiger partial charge in [-0.05, 0) is 24.6 Å². The SMILES string of the molecule is C[C@H](OP(=O)(O)c1ccccn1)c1ccccc1. The first-order valence-corrected chi connectivity index (χ1v) is 7.15. The fraction of sp³-hybridized carbons (Fsp3) is 0.154. The van der Waals surface area contributed by atoms with Gasteiger partial charge in [0.25, 0.3) is 0 Å². The van der Waals surface area contributed by atoms with Crippen molar-refractivity contribution in [1.82, 2.24) is 4.98 Å². The molecule has 0 bridgehead atoms. The van der Waals surface area contributed by atoms with E-state index in [0.29, 0.717) is 0 Å². The standard InChI is InChI=1S/C13H14NO3P/c1-11(12-7-3-2-4-8-12)17-18(15,16)13-9-5-6-10-14-13/h2-11H,1H3,(H,15,16)/t11-/m0/s1. The Morgan fingerprint density at radius 1 is 1.17 bits per heavy atom. The van der Waals surface area contributed by atoms with E-state index in [9.17, 15) is 9.46 Å². The summed E-state index contributed by atoms with van der Waals surface area (Å²) in [6, 6.07) is 14.1. The quantitative estimate of drug-likeness (QED) is 0.861. The van der Waals surface area contributed by atoms with E-state index in [0.717, 1.165) is 5.56 Å². The highest BCUT2D eigenvalue weighted by Crippen LogP contribution is 2.44. The van der Waals surface area contributed by atoms with Crippen LogP contribution in [0.5, 0.6) is 0 Å². The van der Waals surface area contributed by atoms with Crippen molar-refractivity contribution in [3.8, 4) is 0 Å². The Balaban J connectivity index is 2.17. The molecule has 0 radical (unpaired) electrons. The number of hydrogen-bond donors (Lipinski definition) is 1. The Bertz CT molecular complexity index is 545. The summed E-state index contributed by atoms with van der Waals surface area (Å²) in [6.45, 7) is 1.74. The third kappa shape index (κ3) is 3.05. The number of pyridine rings is 1. The number of benzene rings is 1. The van der Waals surface area contributed by atoms with Crippen LogP contribution in [-0.2, 0) is 9.09 Å². The molecule has 0 spiro atoms. The Hall–Kier alpha value is -1.48. The predicted molar refractivity (Wildman–Crippen MR) is 69.6 cm³/mol. The second-order valence-electron chi connectivity index (χ2n) is 3.87. The molecule has 94 valence electrons. The van der Waals surface area contributed by atoms with Gasteiger partial charge < -0.3 is 4.89 Å².